The van der Waals surface area contributed by atoms with Crippen LogP contribution in [0.2, 0.25) is 0 Å². The second-order valence-electron chi connectivity index (χ2n) is 5.40. The Morgan fingerprint density at radius 1 is 0.938 bits per heavy atom. The van der Waals surface area contributed by atoms with Crippen LogP contribution < -0.4 is 0 Å². The fourth-order valence-corrected chi connectivity index (χ4v) is 4.05. The fourth-order valence-electron chi connectivity index (χ4n) is 4.05. The van der Waals surface area contributed by atoms with E-state index in [1.807, 2.05) is 0 Å². The van der Waals surface area contributed by atoms with Crippen molar-refractivity contribution in [2.45, 2.75) is 38.5 Å². The number of carbonyl (C=O) groups excluding carboxylic acids is 2. The van der Waals surface area contributed by atoms with Crippen molar-refractivity contribution in [2.75, 3.05) is 0 Å². The lowest BCUT2D eigenvalue weighted by atomic mass is 9.59. The first kappa shape index (κ1) is 10.3. The van der Waals surface area contributed by atoms with Gasteiger partial charge in [-0.05, 0) is 24.7 Å². The smallest absolute Gasteiger partial charge is 0.256 e. The summed E-state index contributed by atoms with van der Waals surface area (Å²) in [6.45, 7) is 0. The van der Waals surface area contributed by atoms with Gasteiger partial charge in [-0.1, -0.05) is 25.7 Å². The minimum Gasteiger partial charge on any atom is -0.278 e. The summed E-state index contributed by atoms with van der Waals surface area (Å²) in [6.07, 6.45) is 6.13. The maximum Gasteiger partial charge on any atom is 0.256 e. The Labute approximate surface area is 94.6 Å². The maximum absolute atomic E-state index is 11.9. The molecule has 3 rings (SSSR count). The van der Waals surface area contributed by atoms with Crippen molar-refractivity contribution in [3.05, 3.63) is 0 Å². The van der Waals surface area contributed by atoms with E-state index in [0.29, 0.717) is 11.0 Å². The Balaban J connectivity index is 1.97. The monoisotopic (exact) mass is 223 g/mol. The summed E-state index contributed by atoms with van der Waals surface area (Å²) in [5.41, 5.74) is 0. The molecule has 16 heavy (non-hydrogen) atoms. The van der Waals surface area contributed by atoms with Gasteiger partial charge < -0.3 is 0 Å². The standard InChI is InChI=1S/C12H17NO3/c14-11-8-5-1-3-7-4-2-6-9(10(7)8)12(15)13(11)16/h7-10,16H,1-6H2/t7?,8-,9-,10?/m1/s1. The van der Waals surface area contributed by atoms with Gasteiger partial charge in [0.2, 0.25) is 0 Å². The van der Waals surface area contributed by atoms with Crippen LogP contribution in [0, 0.1) is 23.7 Å². The van der Waals surface area contributed by atoms with Crippen LogP contribution >= 0.6 is 0 Å². The van der Waals surface area contributed by atoms with Crippen LogP contribution in [0.5, 0.6) is 0 Å². The molecule has 0 spiro atoms. The molecule has 0 bridgehead atoms. The van der Waals surface area contributed by atoms with Crippen molar-refractivity contribution in [1.29, 1.82) is 0 Å². The van der Waals surface area contributed by atoms with Gasteiger partial charge in [-0.3, -0.25) is 14.8 Å². The number of rotatable bonds is 0. The number of imide groups is 1. The molecule has 1 aliphatic heterocycles. The highest BCUT2D eigenvalue weighted by molar-refractivity contribution is 5.99. The number of hydrogen-bond acceptors (Lipinski definition) is 3. The van der Waals surface area contributed by atoms with Gasteiger partial charge in [0.1, 0.15) is 0 Å². The predicted molar refractivity (Wildman–Crippen MR) is 55.3 cm³/mol. The van der Waals surface area contributed by atoms with Crippen LogP contribution in [0.1, 0.15) is 38.5 Å². The average molecular weight is 223 g/mol. The molecule has 0 aromatic heterocycles. The van der Waals surface area contributed by atoms with Gasteiger partial charge in [0, 0.05) is 11.8 Å². The molecule has 2 atom stereocenters. The highest BCUT2D eigenvalue weighted by atomic mass is 16.5. The highest BCUT2D eigenvalue weighted by Crippen LogP contribution is 2.49. The first-order valence-electron chi connectivity index (χ1n) is 6.27. The fraction of sp³-hybridized carbons (Fsp3) is 0.833. The Hall–Kier alpha value is -0.900. The number of carbonyl (C=O) groups is 2. The summed E-state index contributed by atoms with van der Waals surface area (Å²) in [5, 5.41) is 9.93. The molecule has 88 valence electrons. The molecule has 3 aliphatic rings. The van der Waals surface area contributed by atoms with Gasteiger partial charge in [-0.2, -0.15) is 5.06 Å². The number of nitrogens with zero attached hydrogens (tertiary/aromatic N) is 1. The minimum absolute atomic E-state index is 0.0910. The SMILES string of the molecule is O=C1[C@@H]2CCCC3CCC[C@@H](C(=O)N1O)C32. The lowest BCUT2D eigenvalue weighted by Gasteiger charge is -2.48. The first-order valence-corrected chi connectivity index (χ1v) is 6.27. The molecular formula is C12H17NO3. The van der Waals surface area contributed by atoms with Crippen molar-refractivity contribution in [1.82, 2.24) is 5.06 Å². The zero-order valence-electron chi connectivity index (χ0n) is 9.26. The van der Waals surface area contributed by atoms with Gasteiger partial charge >= 0.3 is 0 Å². The van der Waals surface area contributed by atoms with Crippen LogP contribution in [-0.4, -0.2) is 22.1 Å². The van der Waals surface area contributed by atoms with Crippen molar-refractivity contribution < 1.29 is 14.8 Å². The number of hydroxylamine groups is 2. The van der Waals surface area contributed by atoms with Crippen molar-refractivity contribution in [3.8, 4) is 0 Å². The van der Waals surface area contributed by atoms with E-state index >= 15 is 0 Å². The molecule has 4 heteroatoms. The topological polar surface area (TPSA) is 57.6 Å². The Morgan fingerprint density at radius 3 is 1.94 bits per heavy atom. The summed E-state index contributed by atoms with van der Waals surface area (Å²) in [6, 6.07) is 0. The molecule has 2 saturated carbocycles. The van der Waals surface area contributed by atoms with E-state index in [2.05, 4.69) is 0 Å². The van der Waals surface area contributed by atoms with Gasteiger partial charge in [0.05, 0.1) is 0 Å². The van der Waals surface area contributed by atoms with E-state index < -0.39 is 0 Å². The van der Waals surface area contributed by atoms with E-state index in [4.69, 9.17) is 0 Å². The van der Waals surface area contributed by atoms with Crippen LogP contribution in [0.25, 0.3) is 0 Å². The molecule has 1 saturated heterocycles. The molecule has 1 N–H and O–H groups in total. The van der Waals surface area contributed by atoms with E-state index in [9.17, 15) is 14.8 Å². The zero-order chi connectivity index (χ0) is 11.3. The lowest BCUT2D eigenvalue weighted by Crippen LogP contribution is -2.56. The Morgan fingerprint density at radius 2 is 1.44 bits per heavy atom. The number of hydrogen-bond donors (Lipinski definition) is 1. The molecule has 0 aromatic carbocycles. The molecular weight excluding hydrogens is 206 g/mol. The van der Waals surface area contributed by atoms with Gasteiger partial charge in [-0.25, -0.2) is 0 Å². The molecule has 2 aliphatic carbocycles. The first-order chi connectivity index (χ1) is 7.70. The van der Waals surface area contributed by atoms with E-state index in [1.54, 1.807) is 0 Å². The molecule has 0 aromatic rings. The second kappa shape index (κ2) is 3.55. The summed E-state index contributed by atoms with van der Waals surface area (Å²) in [7, 11) is 0. The third-order valence-electron chi connectivity index (χ3n) is 4.71. The van der Waals surface area contributed by atoms with Gasteiger partial charge in [0.25, 0.3) is 11.8 Å². The summed E-state index contributed by atoms with van der Waals surface area (Å²) in [5.74, 6) is -0.112. The van der Waals surface area contributed by atoms with Crippen LogP contribution in [0.3, 0.4) is 0 Å². The van der Waals surface area contributed by atoms with Crippen molar-refractivity contribution >= 4 is 11.8 Å². The van der Waals surface area contributed by atoms with E-state index in [0.717, 1.165) is 38.5 Å². The Bertz CT molecular complexity index is 311. The molecule has 0 unspecified atom stereocenters. The second-order valence-corrected chi connectivity index (χ2v) is 5.40. The molecule has 2 amide bonds. The maximum atomic E-state index is 11.9. The average Bonchev–Trinajstić information content (AvgIpc) is 2.33. The molecule has 0 radical (unpaired) electrons. The summed E-state index contributed by atoms with van der Waals surface area (Å²) < 4.78 is 0. The van der Waals surface area contributed by atoms with Crippen molar-refractivity contribution in [2.24, 2.45) is 23.7 Å². The van der Waals surface area contributed by atoms with Gasteiger partial charge in [-0.15, -0.1) is 0 Å². The van der Waals surface area contributed by atoms with Crippen LogP contribution in [0.4, 0.5) is 0 Å². The largest absolute Gasteiger partial charge is 0.278 e. The predicted octanol–water partition coefficient (Wildman–Crippen LogP) is 1.58. The highest BCUT2D eigenvalue weighted by Gasteiger charge is 2.53. The Kier molecular flexibility index (Phi) is 2.28. The lowest BCUT2D eigenvalue weighted by molar-refractivity contribution is -0.202. The third kappa shape index (κ3) is 1.25. The van der Waals surface area contributed by atoms with Crippen LogP contribution in [-0.2, 0) is 9.59 Å². The minimum atomic E-state index is -0.349. The zero-order valence-corrected chi connectivity index (χ0v) is 9.26. The molecule has 4 nitrogen and oxygen atoms in total. The summed E-state index contributed by atoms with van der Waals surface area (Å²) in [4.78, 5) is 23.7. The number of piperidine rings is 1. The third-order valence-corrected chi connectivity index (χ3v) is 4.71. The normalized spacial score (nSPS) is 43.2. The van der Waals surface area contributed by atoms with Crippen LogP contribution in [0.15, 0.2) is 0 Å². The van der Waals surface area contributed by atoms with E-state index in [1.165, 1.54) is 0 Å². The molecule has 1 heterocycles. The molecule has 3 fully saturated rings. The van der Waals surface area contributed by atoms with Crippen molar-refractivity contribution in [3.63, 3.8) is 0 Å². The van der Waals surface area contributed by atoms with Gasteiger partial charge in [0.15, 0.2) is 0 Å². The summed E-state index contributed by atoms with van der Waals surface area (Å²) >= 11 is 0. The van der Waals surface area contributed by atoms with E-state index in [-0.39, 0.29) is 29.6 Å². The number of amides is 2. The quantitative estimate of drug-likeness (QED) is 0.501.